The zero-order valence-corrected chi connectivity index (χ0v) is 15.3. The molecular weight excluding hydrogens is 344 g/mol. The van der Waals surface area contributed by atoms with Crippen molar-refractivity contribution in [2.75, 3.05) is 39.6 Å². The van der Waals surface area contributed by atoms with Crippen LogP contribution in [0.15, 0.2) is 18.3 Å². The van der Waals surface area contributed by atoms with E-state index in [1.54, 1.807) is 20.8 Å². The average molecular weight is 370 g/mol. The minimum absolute atomic E-state index is 0.0353. The topological polar surface area (TPSA) is 116 Å². The molecule has 0 spiro atoms. The molecule has 0 aliphatic rings. The number of carbonyl (C=O) groups is 2. The number of aromatic carboxylic acids is 1. The molecule has 0 aromatic carbocycles. The number of nitrogens with zero attached hydrogens (tertiary/aromatic N) is 1. The van der Waals surface area contributed by atoms with Crippen molar-refractivity contribution >= 4 is 12.1 Å². The standard InChI is InChI=1S/C17H26N2O7/c1-17(2,3)26-16(22)18-6-7-23-8-9-24-10-11-25-13-4-5-14(15(20)21)19-12-13/h4-5,12H,6-11H2,1-3H3,(H,18,22)(H,20,21). The van der Waals surface area contributed by atoms with Crippen LogP contribution in [-0.2, 0) is 14.2 Å². The Hall–Kier alpha value is -2.39. The van der Waals surface area contributed by atoms with Gasteiger partial charge in [-0.05, 0) is 32.9 Å². The molecule has 0 atom stereocenters. The largest absolute Gasteiger partial charge is 0.490 e. The number of alkyl carbamates (subject to hydrolysis) is 1. The number of hydrogen-bond acceptors (Lipinski definition) is 7. The molecule has 0 unspecified atom stereocenters. The lowest BCUT2D eigenvalue weighted by Crippen LogP contribution is -2.34. The highest BCUT2D eigenvalue weighted by molar-refractivity contribution is 5.85. The maximum Gasteiger partial charge on any atom is 0.407 e. The molecular formula is C17H26N2O7. The van der Waals surface area contributed by atoms with E-state index in [9.17, 15) is 9.59 Å². The summed E-state index contributed by atoms with van der Waals surface area (Å²) in [5.41, 5.74) is -0.554. The Morgan fingerprint density at radius 1 is 1.08 bits per heavy atom. The Morgan fingerprint density at radius 3 is 2.31 bits per heavy atom. The van der Waals surface area contributed by atoms with E-state index in [4.69, 9.17) is 24.1 Å². The van der Waals surface area contributed by atoms with Gasteiger partial charge in [0.15, 0.2) is 0 Å². The molecule has 0 bridgehead atoms. The first-order valence-electron chi connectivity index (χ1n) is 8.22. The van der Waals surface area contributed by atoms with E-state index in [2.05, 4.69) is 10.3 Å². The molecule has 1 rings (SSSR count). The molecule has 9 nitrogen and oxygen atoms in total. The first-order chi connectivity index (χ1) is 12.3. The van der Waals surface area contributed by atoms with Crippen LogP contribution in [0, 0.1) is 0 Å². The van der Waals surface area contributed by atoms with Crippen LogP contribution in [0.3, 0.4) is 0 Å². The molecule has 1 amide bonds. The Kier molecular flexibility index (Phi) is 9.38. The van der Waals surface area contributed by atoms with E-state index in [0.717, 1.165) is 0 Å². The van der Waals surface area contributed by atoms with Gasteiger partial charge in [-0.15, -0.1) is 0 Å². The zero-order chi connectivity index (χ0) is 19.4. The Bertz CT molecular complexity index is 555. The van der Waals surface area contributed by atoms with Crippen LogP contribution >= 0.6 is 0 Å². The SMILES string of the molecule is CC(C)(C)OC(=O)NCCOCCOCCOc1ccc(C(=O)O)nc1. The lowest BCUT2D eigenvalue weighted by Gasteiger charge is -2.19. The highest BCUT2D eigenvalue weighted by Gasteiger charge is 2.15. The van der Waals surface area contributed by atoms with Crippen molar-refractivity contribution in [1.82, 2.24) is 10.3 Å². The maximum atomic E-state index is 11.4. The fourth-order valence-electron chi connectivity index (χ4n) is 1.67. The number of aromatic nitrogens is 1. The van der Waals surface area contributed by atoms with Crippen LogP contribution in [0.25, 0.3) is 0 Å². The molecule has 26 heavy (non-hydrogen) atoms. The second-order valence-electron chi connectivity index (χ2n) is 6.19. The number of carboxylic acids is 1. The fourth-order valence-corrected chi connectivity index (χ4v) is 1.67. The van der Waals surface area contributed by atoms with Crippen molar-refractivity contribution in [1.29, 1.82) is 0 Å². The van der Waals surface area contributed by atoms with Crippen molar-refractivity contribution in [3.63, 3.8) is 0 Å². The number of pyridine rings is 1. The van der Waals surface area contributed by atoms with Gasteiger partial charge in [0, 0.05) is 6.54 Å². The van der Waals surface area contributed by atoms with Crippen molar-refractivity contribution in [2.24, 2.45) is 0 Å². The van der Waals surface area contributed by atoms with Crippen molar-refractivity contribution in [3.8, 4) is 5.75 Å². The van der Waals surface area contributed by atoms with E-state index in [1.165, 1.54) is 18.3 Å². The van der Waals surface area contributed by atoms with Crippen LogP contribution in [-0.4, -0.2) is 67.3 Å². The van der Waals surface area contributed by atoms with Gasteiger partial charge in [-0.3, -0.25) is 0 Å². The number of amides is 1. The van der Waals surface area contributed by atoms with E-state index < -0.39 is 17.7 Å². The first kappa shape index (κ1) is 21.7. The predicted octanol–water partition coefficient (Wildman–Crippen LogP) is 1.72. The van der Waals surface area contributed by atoms with Gasteiger partial charge in [0.2, 0.25) is 0 Å². The molecule has 2 N–H and O–H groups in total. The second kappa shape index (κ2) is 11.3. The summed E-state index contributed by atoms with van der Waals surface area (Å²) in [6, 6.07) is 2.91. The van der Waals surface area contributed by atoms with Gasteiger partial charge in [-0.1, -0.05) is 0 Å². The third-order valence-corrected chi connectivity index (χ3v) is 2.74. The number of rotatable bonds is 11. The van der Waals surface area contributed by atoms with Gasteiger partial charge in [-0.25, -0.2) is 14.6 Å². The molecule has 0 aliphatic carbocycles. The molecule has 0 saturated heterocycles. The van der Waals surface area contributed by atoms with Gasteiger partial charge < -0.3 is 29.4 Å². The van der Waals surface area contributed by atoms with Gasteiger partial charge in [-0.2, -0.15) is 0 Å². The van der Waals surface area contributed by atoms with Gasteiger partial charge in [0.1, 0.15) is 23.7 Å². The van der Waals surface area contributed by atoms with Crippen molar-refractivity contribution in [2.45, 2.75) is 26.4 Å². The molecule has 0 saturated carbocycles. The molecule has 1 aromatic rings. The third-order valence-electron chi connectivity index (χ3n) is 2.74. The van der Waals surface area contributed by atoms with E-state index >= 15 is 0 Å². The number of nitrogens with one attached hydrogen (secondary N) is 1. The molecule has 0 aliphatic heterocycles. The number of carboxylic acid groups (broad SMARTS) is 1. The summed E-state index contributed by atoms with van der Waals surface area (Å²) in [7, 11) is 0. The Labute approximate surface area is 152 Å². The van der Waals surface area contributed by atoms with Crippen LogP contribution in [0.5, 0.6) is 5.75 Å². The van der Waals surface area contributed by atoms with Crippen molar-refractivity contribution < 1.29 is 33.6 Å². The van der Waals surface area contributed by atoms with E-state index in [0.29, 0.717) is 45.3 Å². The quantitative estimate of drug-likeness (QED) is 0.566. The summed E-state index contributed by atoms with van der Waals surface area (Å²) in [4.78, 5) is 25.8. The molecule has 9 heteroatoms. The van der Waals surface area contributed by atoms with Crippen LogP contribution in [0.2, 0.25) is 0 Å². The fraction of sp³-hybridized carbons (Fsp3) is 0.588. The lowest BCUT2D eigenvalue weighted by atomic mass is 10.2. The molecule has 146 valence electrons. The van der Waals surface area contributed by atoms with Crippen LogP contribution in [0.4, 0.5) is 4.79 Å². The molecule has 0 fully saturated rings. The predicted molar refractivity (Wildman–Crippen MR) is 92.6 cm³/mol. The normalized spacial score (nSPS) is 11.0. The summed E-state index contributed by atoms with van der Waals surface area (Å²) in [5, 5.41) is 11.3. The summed E-state index contributed by atoms with van der Waals surface area (Å²) < 4.78 is 21.1. The van der Waals surface area contributed by atoms with E-state index in [1.807, 2.05) is 0 Å². The average Bonchev–Trinajstić information content (AvgIpc) is 2.55. The summed E-state index contributed by atoms with van der Waals surface area (Å²) in [6.07, 6.45) is 0.880. The highest BCUT2D eigenvalue weighted by atomic mass is 16.6. The minimum Gasteiger partial charge on any atom is -0.490 e. The summed E-state index contributed by atoms with van der Waals surface area (Å²) >= 11 is 0. The second-order valence-corrected chi connectivity index (χ2v) is 6.19. The van der Waals surface area contributed by atoms with E-state index in [-0.39, 0.29) is 5.69 Å². The molecule has 0 radical (unpaired) electrons. The van der Waals surface area contributed by atoms with Crippen LogP contribution in [0.1, 0.15) is 31.3 Å². The maximum absolute atomic E-state index is 11.4. The molecule has 1 heterocycles. The lowest BCUT2D eigenvalue weighted by molar-refractivity contribution is 0.0327. The van der Waals surface area contributed by atoms with Gasteiger partial charge in [0.25, 0.3) is 0 Å². The monoisotopic (exact) mass is 370 g/mol. The summed E-state index contributed by atoms with van der Waals surface area (Å²) in [6.45, 7) is 7.58. The number of ether oxygens (including phenoxy) is 4. The smallest absolute Gasteiger partial charge is 0.407 e. The highest BCUT2D eigenvalue weighted by Crippen LogP contribution is 2.09. The number of carbonyl (C=O) groups excluding carboxylic acids is 1. The Balaban J connectivity index is 1.95. The van der Waals surface area contributed by atoms with Gasteiger partial charge >= 0.3 is 12.1 Å². The zero-order valence-electron chi connectivity index (χ0n) is 15.3. The van der Waals surface area contributed by atoms with Crippen LogP contribution < -0.4 is 10.1 Å². The first-order valence-corrected chi connectivity index (χ1v) is 8.22. The summed E-state index contributed by atoms with van der Waals surface area (Å²) in [5.74, 6) is -0.607. The van der Waals surface area contributed by atoms with Gasteiger partial charge in [0.05, 0.1) is 32.6 Å². The molecule has 1 aromatic heterocycles. The van der Waals surface area contributed by atoms with Crippen molar-refractivity contribution in [3.05, 3.63) is 24.0 Å². The minimum atomic E-state index is -1.08. The number of hydrogen-bond donors (Lipinski definition) is 2. The Morgan fingerprint density at radius 2 is 1.73 bits per heavy atom. The third kappa shape index (κ3) is 10.5.